The molecule has 2 aromatic carbocycles. The number of carbonyl (C=O) groups excluding carboxylic acids is 2. The average molecular weight is 385 g/mol. The Morgan fingerprint density at radius 2 is 1.83 bits per heavy atom. The molecule has 3 rings (SSSR count). The first kappa shape index (κ1) is 16.5. The molecule has 0 saturated heterocycles. The topological polar surface area (TPSA) is 49.4 Å². The Labute approximate surface area is 149 Å². The minimum absolute atomic E-state index is 0.0813. The van der Waals surface area contributed by atoms with Crippen molar-refractivity contribution in [1.29, 1.82) is 0 Å². The number of amides is 2. The van der Waals surface area contributed by atoms with Crippen LogP contribution in [0.3, 0.4) is 0 Å². The summed E-state index contributed by atoms with van der Waals surface area (Å²) in [4.78, 5) is 26.0. The van der Waals surface area contributed by atoms with Crippen LogP contribution in [0.2, 0.25) is 0 Å². The summed E-state index contributed by atoms with van der Waals surface area (Å²) in [7, 11) is 0. The zero-order valence-electron chi connectivity index (χ0n) is 13.2. The molecule has 1 N–H and O–H groups in total. The molecule has 4 nitrogen and oxygen atoms in total. The number of nitrogens with zero attached hydrogens (tertiary/aromatic N) is 1. The lowest BCUT2D eigenvalue weighted by Gasteiger charge is -2.32. The van der Waals surface area contributed by atoms with Gasteiger partial charge in [-0.15, -0.1) is 0 Å². The van der Waals surface area contributed by atoms with Gasteiger partial charge in [0.2, 0.25) is 11.8 Å². The van der Waals surface area contributed by atoms with E-state index in [9.17, 15) is 9.59 Å². The van der Waals surface area contributed by atoms with Gasteiger partial charge in [-0.2, -0.15) is 0 Å². The minimum Gasteiger partial charge on any atom is -0.326 e. The highest BCUT2D eigenvalue weighted by molar-refractivity contribution is 9.10. The molecule has 1 atom stereocenters. The van der Waals surface area contributed by atoms with Gasteiger partial charge in [0.15, 0.2) is 0 Å². The number of nitrogens with one attached hydrogen (secondary N) is 1. The van der Waals surface area contributed by atoms with Gasteiger partial charge in [0.05, 0.1) is 12.5 Å². The largest absolute Gasteiger partial charge is 0.326 e. The van der Waals surface area contributed by atoms with Crippen molar-refractivity contribution in [2.75, 3.05) is 5.32 Å². The van der Waals surface area contributed by atoms with Gasteiger partial charge in [-0.25, -0.2) is 0 Å². The van der Waals surface area contributed by atoms with Crippen molar-refractivity contribution >= 4 is 39.5 Å². The van der Waals surface area contributed by atoms with Crippen molar-refractivity contribution in [3.63, 3.8) is 0 Å². The maximum absolute atomic E-state index is 12.5. The monoisotopic (exact) mass is 384 g/mol. The summed E-state index contributed by atoms with van der Waals surface area (Å²) in [5.74, 6) is -0.208. The Morgan fingerprint density at radius 1 is 1.12 bits per heavy atom. The molecule has 0 unspecified atom stereocenters. The van der Waals surface area contributed by atoms with Crippen molar-refractivity contribution < 1.29 is 9.59 Å². The zero-order valence-corrected chi connectivity index (χ0v) is 14.8. The van der Waals surface area contributed by atoms with Crippen molar-refractivity contribution in [3.8, 4) is 0 Å². The second-order valence-electron chi connectivity index (χ2n) is 5.65. The van der Waals surface area contributed by atoms with Crippen LogP contribution < -0.4 is 5.32 Å². The Kier molecular flexibility index (Phi) is 4.81. The fraction of sp³-hybridized carbons (Fsp3) is 0.158. The van der Waals surface area contributed by atoms with E-state index >= 15 is 0 Å². The van der Waals surface area contributed by atoms with Gasteiger partial charge in [-0.3, -0.25) is 9.59 Å². The van der Waals surface area contributed by atoms with E-state index in [0.717, 1.165) is 21.3 Å². The first-order valence-electron chi connectivity index (χ1n) is 7.66. The molecule has 0 bridgehead atoms. The number of rotatable bonds is 3. The molecule has 2 aromatic rings. The Balaban J connectivity index is 1.80. The highest BCUT2D eigenvalue weighted by Gasteiger charge is 2.28. The van der Waals surface area contributed by atoms with Crippen LogP contribution in [0, 0.1) is 0 Å². The lowest BCUT2D eigenvalue weighted by atomic mass is 9.93. The normalized spacial score (nSPS) is 15.8. The minimum atomic E-state index is -0.292. The third kappa shape index (κ3) is 3.57. The van der Waals surface area contributed by atoms with Crippen molar-refractivity contribution in [2.45, 2.75) is 19.4 Å². The van der Waals surface area contributed by atoms with Crippen LogP contribution in [0.25, 0.3) is 6.08 Å². The number of carbonyl (C=O) groups is 2. The second-order valence-corrected chi connectivity index (χ2v) is 6.56. The first-order chi connectivity index (χ1) is 11.5. The summed E-state index contributed by atoms with van der Waals surface area (Å²) in [5.41, 5.74) is 2.76. The lowest BCUT2D eigenvalue weighted by molar-refractivity contribution is -0.129. The number of benzene rings is 2. The predicted molar refractivity (Wildman–Crippen MR) is 98.1 cm³/mol. The van der Waals surface area contributed by atoms with E-state index < -0.39 is 0 Å². The molecule has 24 heavy (non-hydrogen) atoms. The van der Waals surface area contributed by atoms with Crippen LogP contribution in [0.15, 0.2) is 59.2 Å². The van der Waals surface area contributed by atoms with E-state index in [1.807, 2.05) is 54.6 Å². The molecular weight excluding hydrogens is 368 g/mol. The summed E-state index contributed by atoms with van der Waals surface area (Å²) in [6, 6.07) is 14.9. The Hall–Kier alpha value is -2.40. The number of hydrogen-bond donors (Lipinski definition) is 1. The van der Waals surface area contributed by atoms with E-state index in [4.69, 9.17) is 0 Å². The van der Waals surface area contributed by atoms with Gasteiger partial charge >= 0.3 is 0 Å². The van der Waals surface area contributed by atoms with Crippen LogP contribution in [-0.2, 0) is 9.59 Å². The molecule has 0 spiro atoms. The fourth-order valence-electron chi connectivity index (χ4n) is 2.83. The van der Waals surface area contributed by atoms with E-state index in [-0.39, 0.29) is 24.3 Å². The molecule has 5 heteroatoms. The maximum Gasteiger partial charge on any atom is 0.226 e. The highest BCUT2D eigenvalue weighted by atomic mass is 79.9. The molecule has 0 aromatic heterocycles. The quantitative estimate of drug-likeness (QED) is 0.854. The van der Waals surface area contributed by atoms with Gasteiger partial charge in [-0.1, -0.05) is 40.2 Å². The lowest BCUT2D eigenvalue weighted by Crippen LogP contribution is -2.33. The molecule has 1 heterocycles. The van der Waals surface area contributed by atoms with Gasteiger partial charge < -0.3 is 10.2 Å². The standard InChI is InChI=1S/C19H17BrN2O2/c1-13(23)22-11-10-14-4-2-3-5-17(14)18(22)12-19(24)21-16-8-6-15(20)7-9-16/h2-11,18H,12H2,1H3,(H,21,24)/t18-/m0/s1. The van der Waals surface area contributed by atoms with Crippen LogP contribution in [0.5, 0.6) is 0 Å². The highest BCUT2D eigenvalue weighted by Crippen LogP contribution is 2.33. The van der Waals surface area contributed by atoms with Gasteiger partial charge in [-0.05, 0) is 41.5 Å². The Bertz CT molecular complexity index is 799. The SMILES string of the molecule is CC(=O)N1C=Cc2ccccc2[C@@H]1CC(=O)Nc1ccc(Br)cc1. The number of fused-ring (bicyclic) bond motifs is 1. The summed E-state index contributed by atoms with van der Waals surface area (Å²) in [6.45, 7) is 1.51. The molecule has 0 radical (unpaired) electrons. The molecule has 0 fully saturated rings. The number of halogens is 1. The zero-order chi connectivity index (χ0) is 17.1. The molecule has 122 valence electrons. The predicted octanol–water partition coefficient (Wildman–Crippen LogP) is 4.35. The molecule has 2 amide bonds. The van der Waals surface area contributed by atoms with Crippen LogP contribution in [-0.4, -0.2) is 16.7 Å². The number of hydrogen-bond acceptors (Lipinski definition) is 2. The fourth-order valence-corrected chi connectivity index (χ4v) is 3.10. The molecule has 0 saturated carbocycles. The van der Waals surface area contributed by atoms with E-state index in [2.05, 4.69) is 21.2 Å². The summed E-state index contributed by atoms with van der Waals surface area (Å²) < 4.78 is 0.953. The van der Waals surface area contributed by atoms with E-state index in [1.54, 1.807) is 11.1 Å². The van der Waals surface area contributed by atoms with Crippen LogP contribution in [0.1, 0.15) is 30.5 Å². The first-order valence-corrected chi connectivity index (χ1v) is 8.45. The molecule has 1 aliphatic rings. The van der Waals surface area contributed by atoms with Crippen LogP contribution in [0.4, 0.5) is 5.69 Å². The maximum atomic E-state index is 12.5. The van der Waals surface area contributed by atoms with E-state index in [1.165, 1.54) is 6.92 Å². The second kappa shape index (κ2) is 7.01. The van der Waals surface area contributed by atoms with Gasteiger partial charge in [0, 0.05) is 23.3 Å². The molecule has 0 aliphatic carbocycles. The van der Waals surface area contributed by atoms with Crippen molar-refractivity contribution in [2.24, 2.45) is 0 Å². The number of anilines is 1. The summed E-state index contributed by atoms with van der Waals surface area (Å²) in [5, 5.41) is 2.88. The molecule has 1 aliphatic heterocycles. The smallest absolute Gasteiger partial charge is 0.226 e. The van der Waals surface area contributed by atoms with Gasteiger partial charge in [0.25, 0.3) is 0 Å². The van der Waals surface area contributed by atoms with Crippen molar-refractivity contribution in [3.05, 3.63) is 70.3 Å². The van der Waals surface area contributed by atoms with Crippen LogP contribution >= 0.6 is 15.9 Å². The molecular formula is C19H17BrN2O2. The van der Waals surface area contributed by atoms with Crippen molar-refractivity contribution in [1.82, 2.24) is 4.90 Å². The average Bonchev–Trinajstić information content (AvgIpc) is 2.57. The summed E-state index contributed by atoms with van der Waals surface area (Å²) in [6.07, 6.45) is 3.86. The van der Waals surface area contributed by atoms with Gasteiger partial charge in [0.1, 0.15) is 0 Å². The van der Waals surface area contributed by atoms with E-state index in [0.29, 0.717) is 0 Å². The third-order valence-corrected chi connectivity index (χ3v) is 4.50. The summed E-state index contributed by atoms with van der Waals surface area (Å²) >= 11 is 3.37. The third-order valence-electron chi connectivity index (χ3n) is 3.98. The Morgan fingerprint density at radius 3 is 2.54 bits per heavy atom.